The lowest BCUT2D eigenvalue weighted by atomic mass is 9.95. The van der Waals surface area contributed by atoms with Gasteiger partial charge in [0.25, 0.3) is 0 Å². The van der Waals surface area contributed by atoms with Crippen molar-refractivity contribution in [1.82, 2.24) is 23.8 Å². The van der Waals surface area contributed by atoms with Gasteiger partial charge in [0.15, 0.2) is 5.65 Å². The number of aryl methyl sites for hydroxylation is 1. The number of pyridine rings is 1. The Balaban J connectivity index is 1.32. The molecular formula is C26H28F2N6O2S. The number of fused-ring (bicyclic) bond motifs is 1. The van der Waals surface area contributed by atoms with Gasteiger partial charge < -0.3 is 5.73 Å². The largest absolute Gasteiger partial charge is 0.383 e. The highest BCUT2D eigenvalue weighted by Gasteiger charge is 2.37. The molecule has 0 amide bonds. The first-order valence-electron chi connectivity index (χ1n) is 12.1. The van der Waals surface area contributed by atoms with Crippen LogP contribution in [0.15, 0.2) is 60.9 Å². The molecule has 194 valence electrons. The molecule has 2 N–H and O–H groups in total. The zero-order valence-electron chi connectivity index (χ0n) is 20.4. The van der Waals surface area contributed by atoms with E-state index in [1.165, 1.54) is 18.5 Å². The van der Waals surface area contributed by atoms with Crippen molar-refractivity contribution in [1.29, 1.82) is 0 Å². The molecule has 0 radical (unpaired) electrons. The Morgan fingerprint density at radius 2 is 1.78 bits per heavy atom. The molecule has 1 aromatic carbocycles. The normalized spacial score (nSPS) is 15.9. The number of benzene rings is 1. The molecule has 1 aliphatic heterocycles. The molecule has 3 aromatic heterocycles. The van der Waals surface area contributed by atoms with Crippen molar-refractivity contribution in [2.45, 2.75) is 37.4 Å². The fraction of sp³-hybridized carbons (Fsp3) is 0.346. The molecule has 8 nitrogen and oxygen atoms in total. The average molecular weight is 527 g/mol. The minimum atomic E-state index is -3.75. The summed E-state index contributed by atoms with van der Waals surface area (Å²) in [4.78, 5) is 14.7. The van der Waals surface area contributed by atoms with Crippen molar-refractivity contribution in [3.8, 4) is 0 Å². The summed E-state index contributed by atoms with van der Waals surface area (Å²) in [5, 5.41) is 0.461. The maximum Gasteiger partial charge on any atom is 0.302 e. The van der Waals surface area contributed by atoms with E-state index >= 15 is 0 Å². The topological polar surface area (TPSA) is 107 Å². The third-order valence-electron chi connectivity index (χ3n) is 6.71. The van der Waals surface area contributed by atoms with E-state index in [0.29, 0.717) is 42.7 Å². The van der Waals surface area contributed by atoms with Crippen LogP contribution >= 0.6 is 0 Å². The quantitative estimate of drug-likeness (QED) is 0.387. The lowest BCUT2D eigenvalue weighted by Gasteiger charge is -2.33. The number of anilines is 1. The summed E-state index contributed by atoms with van der Waals surface area (Å²) in [6.45, 7) is 2.25. The van der Waals surface area contributed by atoms with Crippen LogP contribution in [0.1, 0.15) is 41.4 Å². The number of halogens is 2. The maximum absolute atomic E-state index is 14.8. The van der Waals surface area contributed by atoms with E-state index in [2.05, 4.69) is 15.0 Å². The van der Waals surface area contributed by atoms with Crippen molar-refractivity contribution >= 4 is 26.9 Å². The Bertz CT molecular complexity index is 1500. The minimum Gasteiger partial charge on any atom is -0.383 e. The highest BCUT2D eigenvalue weighted by Crippen LogP contribution is 2.33. The van der Waals surface area contributed by atoms with Crippen molar-refractivity contribution in [3.63, 3.8) is 0 Å². The standard InChI is InChI=1S/C26H28F2N6O2S/c1-18-7-8-22(30-15-18)26(27,28)17-33-12-9-20(10-13-33)24-31-23(29)21-11-14-34(25(21)32-24)37(35,36)16-19-5-3-2-4-6-19/h2-8,11,14-15,20H,9-10,12-13,16-17H2,1H3,(H2,29,31,32). The predicted octanol–water partition coefficient (Wildman–Crippen LogP) is 4.07. The van der Waals surface area contributed by atoms with E-state index < -0.39 is 22.5 Å². The zero-order valence-corrected chi connectivity index (χ0v) is 21.2. The molecule has 0 saturated carbocycles. The van der Waals surface area contributed by atoms with Crippen molar-refractivity contribution in [2.24, 2.45) is 0 Å². The van der Waals surface area contributed by atoms with E-state index in [-0.39, 0.29) is 28.8 Å². The number of alkyl halides is 2. The van der Waals surface area contributed by atoms with Gasteiger partial charge in [0, 0.05) is 18.3 Å². The fourth-order valence-corrected chi connectivity index (χ4v) is 6.09. The zero-order chi connectivity index (χ0) is 26.2. The SMILES string of the molecule is Cc1ccc(C(F)(F)CN2CCC(c3nc(N)c4ccn(S(=O)(=O)Cc5ccccc5)c4n3)CC2)nc1. The highest BCUT2D eigenvalue weighted by atomic mass is 32.2. The van der Waals surface area contributed by atoms with Crippen LogP contribution in [0.25, 0.3) is 11.0 Å². The Hall–Kier alpha value is -3.44. The van der Waals surface area contributed by atoms with Crippen molar-refractivity contribution in [3.05, 3.63) is 83.6 Å². The van der Waals surface area contributed by atoms with E-state index in [0.717, 1.165) is 9.54 Å². The lowest BCUT2D eigenvalue weighted by Crippen LogP contribution is -2.40. The van der Waals surface area contributed by atoms with Crippen LogP contribution in [0.2, 0.25) is 0 Å². The first-order valence-corrected chi connectivity index (χ1v) is 13.7. The second-order valence-electron chi connectivity index (χ2n) is 9.53. The molecule has 1 saturated heterocycles. The number of nitrogens with zero attached hydrogens (tertiary/aromatic N) is 5. The lowest BCUT2D eigenvalue weighted by molar-refractivity contribution is -0.0463. The number of rotatable bonds is 7. The van der Waals surface area contributed by atoms with E-state index in [1.807, 2.05) is 13.0 Å². The minimum absolute atomic E-state index is 0.116. The summed E-state index contributed by atoms with van der Waals surface area (Å²) in [5.41, 5.74) is 7.67. The molecule has 0 unspecified atom stereocenters. The molecule has 0 bridgehead atoms. The summed E-state index contributed by atoms with van der Waals surface area (Å²) in [6.07, 6.45) is 4.00. The van der Waals surface area contributed by atoms with Gasteiger partial charge in [0.05, 0.1) is 17.7 Å². The third-order valence-corrected chi connectivity index (χ3v) is 8.30. The molecule has 4 aromatic rings. The molecule has 0 aliphatic carbocycles. The fourth-order valence-electron chi connectivity index (χ4n) is 4.69. The van der Waals surface area contributed by atoms with Crippen LogP contribution in [-0.2, 0) is 21.7 Å². The van der Waals surface area contributed by atoms with E-state index in [4.69, 9.17) is 5.73 Å². The molecule has 11 heteroatoms. The van der Waals surface area contributed by atoms with Crippen molar-refractivity contribution in [2.75, 3.05) is 25.4 Å². The first-order chi connectivity index (χ1) is 17.6. The molecule has 5 rings (SSSR count). The number of piperidine rings is 1. The van der Waals surface area contributed by atoms with Crippen LogP contribution in [-0.4, -0.2) is 51.9 Å². The van der Waals surface area contributed by atoms with Gasteiger partial charge in [-0.1, -0.05) is 36.4 Å². The Labute approximate surface area is 214 Å². The second-order valence-corrected chi connectivity index (χ2v) is 11.4. The molecule has 37 heavy (non-hydrogen) atoms. The molecular weight excluding hydrogens is 498 g/mol. The van der Waals surface area contributed by atoms with Crippen LogP contribution in [0.4, 0.5) is 14.6 Å². The summed E-state index contributed by atoms with van der Waals surface area (Å²) in [7, 11) is -3.75. The smallest absolute Gasteiger partial charge is 0.302 e. The number of hydrogen-bond donors (Lipinski definition) is 1. The van der Waals surface area contributed by atoms with Crippen LogP contribution < -0.4 is 5.73 Å². The van der Waals surface area contributed by atoms with Gasteiger partial charge in [-0.15, -0.1) is 0 Å². The second kappa shape index (κ2) is 9.79. The highest BCUT2D eigenvalue weighted by molar-refractivity contribution is 7.89. The molecule has 1 fully saturated rings. The van der Waals surface area contributed by atoms with Gasteiger partial charge >= 0.3 is 5.92 Å². The van der Waals surface area contributed by atoms with E-state index in [9.17, 15) is 17.2 Å². The number of likely N-dealkylation sites (tertiary alicyclic amines) is 1. The molecule has 1 aliphatic rings. The third kappa shape index (κ3) is 5.33. The van der Waals surface area contributed by atoms with Crippen LogP contribution in [0.5, 0.6) is 0 Å². The number of nitrogens with two attached hydrogens (primary N) is 1. The van der Waals surface area contributed by atoms with Crippen LogP contribution in [0.3, 0.4) is 0 Å². The van der Waals surface area contributed by atoms with Crippen LogP contribution in [0, 0.1) is 6.92 Å². The van der Waals surface area contributed by atoms with Crippen molar-refractivity contribution < 1.29 is 17.2 Å². The Kier molecular flexibility index (Phi) is 6.67. The van der Waals surface area contributed by atoms with Gasteiger partial charge in [0.2, 0.25) is 10.0 Å². The average Bonchev–Trinajstić information content (AvgIpc) is 3.31. The number of nitrogen functional groups attached to an aromatic ring is 1. The number of hydrogen-bond acceptors (Lipinski definition) is 7. The monoisotopic (exact) mass is 526 g/mol. The number of aromatic nitrogens is 4. The summed E-state index contributed by atoms with van der Waals surface area (Å²) in [6, 6.07) is 13.5. The van der Waals surface area contributed by atoms with E-state index in [1.54, 1.807) is 41.3 Å². The Morgan fingerprint density at radius 3 is 2.46 bits per heavy atom. The van der Waals surface area contributed by atoms with Gasteiger partial charge in [-0.05, 0) is 56.1 Å². The molecule has 0 spiro atoms. The predicted molar refractivity (Wildman–Crippen MR) is 138 cm³/mol. The summed E-state index contributed by atoms with van der Waals surface area (Å²) < 4.78 is 57.1. The first kappa shape index (κ1) is 25.2. The van der Waals surface area contributed by atoms with Gasteiger partial charge in [-0.2, -0.15) is 8.78 Å². The molecule has 0 atom stereocenters. The van der Waals surface area contributed by atoms with Gasteiger partial charge in [0.1, 0.15) is 17.3 Å². The Morgan fingerprint density at radius 1 is 1.05 bits per heavy atom. The summed E-state index contributed by atoms with van der Waals surface area (Å²) >= 11 is 0. The summed E-state index contributed by atoms with van der Waals surface area (Å²) in [5.74, 6) is -2.72. The van der Waals surface area contributed by atoms with Gasteiger partial charge in [-0.25, -0.2) is 22.4 Å². The molecule has 4 heterocycles. The van der Waals surface area contributed by atoms with Gasteiger partial charge in [-0.3, -0.25) is 9.88 Å². The maximum atomic E-state index is 14.8.